The molecular formula is C18H17ClN4O3S2. The molecule has 0 aliphatic heterocycles. The summed E-state index contributed by atoms with van der Waals surface area (Å²) in [5, 5.41) is 12.0. The third kappa shape index (κ3) is 4.74. The van der Waals surface area contributed by atoms with E-state index >= 15 is 0 Å². The number of para-hydroxylation sites is 1. The molecule has 0 unspecified atom stereocenters. The summed E-state index contributed by atoms with van der Waals surface area (Å²) in [5.74, 6) is -0.243. The lowest BCUT2D eigenvalue weighted by atomic mass is 10.3. The van der Waals surface area contributed by atoms with Gasteiger partial charge in [-0.15, -0.1) is 0 Å². The lowest BCUT2D eigenvalue weighted by molar-refractivity contribution is -0.380. The maximum absolute atomic E-state index is 12.9. The number of halogens is 1. The van der Waals surface area contributed by atoms with Crippen molar-refractivity contribution in [3.8, 4) is 0 Å². The first-order valence-electron chi connectivity index (χ1n) is 8.29. The number of rotatable bonds is 7. The number of hydrogen-bond donors (Lipinski definition) is 0. The number of aromatic nitrogens is 1. The summed E-state index contributed by atoms with van der Waals surface area (Å²) >= 11 is 8.63. The number of thiazole rings is 1. The van der Waals surface area contributed by atoms with E-state index in [1.165, 1.54) is 23.5 Å². The van der Waals surface area contributed by atoms with Crippen LogP contribution in [0.25, 0.3) is 16.3 Å². The number of likely N-dealkylation sites (N-methyl/N-ethyl adjacent to an activating group) is 1. The molecule has 0 aliphatic rings. The first-order chi connectivity index (χ1) is 13.3. The molecular weight excluding hydrogens is 420 g/mol. The highest BCUT2D eigenvalue weighted by atomic mass is 35.5. The monoisotopic (exact) mass is 436 g/mol. The molecule has 3 rings (SSSR count). The highest BCUT2D eigenvalue weighted by Crippen LogP contribution is 2.33. The number of amides is 1. The van der Waals surface area contributed by atoms with Gasteiger partial charge < -0.3 is 4.90 Å². The fraction of sp³-hybridized carbons (Fsp3) is 0.222. The predicted molar refractivity (Wildman–Crippen MR) is 116 cm³/mol. The van der Waals surface area contributed by atoms with Gasteiger partial charge in [0.2, 0.25) is 0 Å². The topological polar surface area (TPSA) is 79.6 Å². The first-order valence-corrected chi connectivity index (χ1v) is 10.3. The normalized spacial score (nSPS) is 11.6. The summed E-state index contributed by atoms with van der Waals surface area (Å²) in [5.41, 5.74) is 0.671. The van der Waals surface area contributed by atoms with Crippen LogP contribution < -0.4 is 4.90 Å². The van der Waals surface area contributed by atoms with E-state index in [4.69, 9.17) is 11.6 Å². The van der Waals surface area contributed by atoms with Crippen LogP contribution in [0.1, 0.15) is 4.88 Å². The quantitative estimate of drug-likeness (QED) is 0.309. The number of carbonyl (C=O) groups is 1. The summed E-state index contributed by atoms with van der Waals surface area (Å²) in [6, 6.07) is 8.57. The summed E-state index contributed by atoms with van der Waals surface area (Å²) in [4.78, 5) is 32.0. The third-order valence-electron chi connectivity index (χ3n) is 3.81. The van der Waals surface area contributed by atoms with Gasteiger partial charge in [0, 0.05) is 30.1 Å². The van der Waals surface area contributed by atoms with Crippen molar-refractivity contribution in [2.24, 2.45) is 0 Å². The van der Waals surface area contributed by atoms with Crippen molar-refractivity contribution in [1.29, 1.82) is 0 Å². The largest absolute Gasteiger partial charge is 0.324 e. The Hall–Kier alpha value is -2.33. The van der Waals surface area contributed by atoms with Gasteiger partial charge >= 0.3 is 5.00 Å². The average Bonchev–Trinajstić information content (AvgIpc) is 3.27. The number of nitrogens with zero attached hydrogens (tertiary/aromatic N) is 4. The number of thiophene rings is 1. The van der Waals surface area contributed by atoms with Gasteiger partial charge in [-0.1, -0.05) is 40.3 Å². The Labute approximate surface area is 174 Å². The van der Waals surface area contributed by atoms with E-state index in [0.29, 0.717) is 33.6 Å². The molecule has 3 aromatic rings. The summed E-state index contributed by atoms with van der Waals surface area (Å²) in [6.07, 6.45) is 3.00. The molecule has 0 fully saturated rings. The summed E-state index contributed by atoms with van der Waals surface area (Å²) < 4.78 is 0.906. The van der Waals surface area contributed by atoms with Crippen LogP contribution in [0.5, 0.6) is 0 Å². The zero-order valence-corrected chi connectivity index (χ0v) is 17.6. The van der Waals surface area contributed by atoms with Crippen molar-refractivity contribution in [2.75, 3.05) is 32.1 Å². The van der Waals surface area contributed by atoms with Crippen LogP contribution in [-0.4, -0.2) is 47.9 Å². The Morgan fingerprint density at radius 2 is 2.04 bits per heavy atom. The molecule has 146 valence electrons. The van der Waals surface area contributed by atoms with Crippen molar-refractivity contribution in [2.45, 2.75) is 0 Å². The predicted octanol–water partition coefficient (Wildman–Crippen LogP) is 4.53. The summed E-state index contributed by atoms with van der Waals surface area (Å²) in [7, 11) is 3.86. The SMILES string of the molecule is CN(C)CCN(C(=O)C=Cc1ccc([N+](=O)[O-])s1)c1nc2c(Cl)cccc2s1. The van der Waals surface area contributed by atoms with E-state index in [9.17, 15) is 14.9 Å². The van der Waals surface area contributed by atoms with Gasteiger partial charge in [0.1, 0.15) is 5.52 Å². The standard InChI is InChI=1S/C18H17ClN4O3S2/c1-21(2)10-11-22(18-20-17-13(19)4-3-5-14(17)28-18)15(24)8-6-12-7-9-16(27-12)23(25)26/h3-9H,10-11H2,1-2H3. The van der Waals surface area contributed by atoms with Gasteiger partial charge in [-0.25, -0.2) is 4.98 Å². The molecule has 0 atom stereocenters. The van der Waals surface area contributed by atoms with E-state index in [-0.39, 0.29) is 10.9 Å². The van der Waals surface area contributed by atoms with Crippen molar-refractivity contribution in [3.05, 3.63) is 56.4 Å². The van der Waals surface area contributed by atoms with Crippen LogP contribution in [-0.2, 0) is 4.79 Å². The van der Waals surface area contributed by atoms with Crippen LogP contribution in [0.15, 0.2) is 36.4 Å². The number of hydrogen-bond acceptors (Lipinski definition) is 7. The molecule has 28 heavy (non-hydrogen) atoms. The lowest BCUT2D eigenvalue weighted by Gasteiger charge is -2.20. The molecule has 0 radical (unpaired) electrons. The molecule has 1 amide bonds. The lowest BCUT2D eigenvalue weighted by Crippen LogP contribution is -2.35. The molecule has 0 aliphatic carbocycles. The van der Waals surface area contributed by atoms with Crippen molar-refractivity contribution < 1.29 is 9.72 Å². The molecule has 1 aromatic carbocycles. The van der Waals surface area contributed by atoms with Gasteiger partial charge in [0.05, 0.1) is 14.6 Å². The zero-order valence-electron chi connectivity index (χ0n) is 15.2. The van der Waals surface area contributed by atoms with Crippen molar-refractivity contribution in [3.63, 3.8) is 0 Å². The van der Waals surface area contributed by atoms with Gasteiger partial charge in [0.15, 0.2) is 5.13 Å². The second kappa shape index (κ2) is 8.78. The van der Waals surface area contributed by atoms with Crippen LogP contribution in [0.2, 0.25) is 5.02 Å². The molecule has 0 spiro atoms. The van der Waals surface area contributed by atoms with E-state index < -0.39 is 4.92 Å². The van der Waals surface area contributed by atoms with Gasteiger partial charge in [-0.3, -0.25) is 19.8 Å². The first kappa shape index (κ1) is 20.4. The minimum atomic E-state index is -0.446. The van der Waals surface area contributed by atoms with E-state index in [1.54, 1.807) is 23.1 Å². The maximum Gasteiger partial charge on any atom is 0.324 e. The Morgan fingerprint density at radius 3 is 2.68 bits per heavy atom. The molecule has 0 saturated heterocycles. The highest BCUT2D eigenvalue weighted by Gasteiger charge is 2.19. The number of carbonyl (C=O) groups excluding carboxylic acids is 1. The minimum Gasteiger partial charge on any atom is -0.308 e. The van der Waals surface area contributed by atoms with Crippen LogP contribution in [0.4, 0.5) is 10.1 Å². The zero-order chi connectivity index (χ0) is 20.3. The van der Waals surface area contributed by atoms with Gasteiger partial charge in [0.25, 0.3) is 5.91 Å². The van der Waals surface area contributed by atoms with E-state index in [2.05, 4.69) is 4.98 Å². The smallest absolute Gasteiger partial charge is 0.308 e. The second-order valence-corrected chi connectivity index (χ2v) is 8.65. The fourth-order valence-corrected chi connectivity index (χ4v) is 4.41. The summed E-state index contributed by atoms with van der Waals surface area (Å²) in [6.45, 7) is 1.12. The highest BCUT2D eigenvalue weighted by molar-refractivity contribution is 7.22. The number of anilines is 1. The Morgan fingerprint density at radius 1 is 1.25 bits per heavy atom. The minimum absolute atomic E-state index is 0.0392. The third-order valence-corrected chi connectivity index (χ3v) is 6.16. The maximum atomic E-state index is 12.9. The van der Waals surface area contributed by atoms with E-state index in [0.717, 1.165) is 16.0 Å². The molecule has 10 heteroatoms. The average molecular weight is 437 g/mol. The van der Waals surface area contributed by atoms with Crippen LogP contribution in [0.3, 0.4) is 0 Å². The Balaban J connectivity index is 1.87. The number of nitro groups is 1. The fourth-order valence-electron chi connectivity index (χ4n) is 2.39. The molecule has 0 saturated carbocycles. The molecule has 2 heterocycles. The Kier molecular flexibility index (Phi) is 6.40. The van der Waals surface area contributed by atoms with Crippen molar-refractivity contribution in [1.82, 2.24) is 9.88 Å². The van der Waals surface area contributed by atoms with Gasteiger partial charge in [-0.05, 0) is 38.4 Å². The second-order valence-electron chi connectivity index (χ2n) is 6.14. The molecule has 0 bridgehead atoms. The Bertz CT molecular complexity index is 1040. The van der Waals surface area contributed by atoms with E-state index in [1.807, 2.05) is 31.1 Å². The van der Waals surface area contributed by atoms with Crippen LogP contribution in [0, 0.1) is 10.1 Å². The molecule has 7 nitrogen and oxygen atoms in total. The molecule has 0 N–H and O–H groups in total. The van der Waals surface area contributed by atoms with Gasteiger partial charge in [-0.2, -0.15) is 0 Å². The van der Waals surface area contributed by atoms with Crippen molar-refractivity contribution >= 4 is 66.6 Å². The molecule has 2 aromatic heterocycles. The number of benzene rings is 1. The van der Waals surface area contributed by atoms with Crippen LogP contribution >= 0.6 is 34.3 Å². The number of fused-ring (bicyclic) bond motifs is 1.